The van der Waals surface area contributed by atoms with Gasteiger partial charge in [-0.25, -0.2) is 8.42 Å². The SMILES string of the molecule is CC(=O)N[C@@H](CC(=O)O)C(=O)NCC(=O)NC(C(=O)NCC(=O)CCCc1ccccc1)C(C)C.CC(=O)O.CCS(C)(=O)=O. The van der Waals surface area contributed by atoms with Gasteiger partial charge in [0.25, 0.3) is 5.97 Å². The maximum atomic E-state index is 12.5. The molecule has 0 bridgehead atoms. The summed E-state index contributed by atoms with van der Waals surface area (Å²) in [4.78, 5) is 80.1. The monoisotopic (exact) mass is 658 g/mol. The lowest BCUT2D eigenvalue weighted by molar-refractivity contribution is -0.140. The number of sulfone groups is 1. The Kier molecular flexibility index (Phi) is 22.0. The van der Waals surface area contributed by atoms with Crippen LogP contribution in [0.1, 0.15) is 59.4 Å². The molecule has 2 atom stereocenters. The Morgan fingerprint density at radius 2 is 1.36 bits per heavy atom. The van der Waals surface area contributed by atoms with Gasteiger partial charge in [-0.05, 0) is 24.3 Å². The number of Topliss-reactive ketones (excluding diaryl/α,β-unsaturated/α-hetero) is 1. The Balaban J connectivity index is 0. The molecular formula is C29H46N4O11S. The molecule has 45 heavy (non-hydrogen) atoms. The van der Waals surface area contributed by atoms with Crippen LogP contribution in [0.15, 0.2) is 30.3 Å². The largest absolute Gasteiger partial charge is 0.481 e. The van der Waals surface area contributed by atoms with Crippen molar-refractivity contribution in [3.63, 3.8) is 0 Å². The fourth-order valence-corrected chi connectivity index (χ4v) is 3.20. The van der Waals surface area contributed by atoms with Crippen molar-refractivity contribution >= 4 is 51.2 Å². The zero-order valence-corrected chi connectivity index (χ0v) is 27.4. The van der Waals surface area contributed by atoms with E-state index in [0.29, 0.717) is 12.8 Å². The Bertz CT molecular complexity index is 1220. The lowest BCUT2D eigenvalue weighted by Crippen LogP contribution is -2.54. The number of rotatable bonds is 16. The number of hydrogen-bond acceptors (Lipinski definition) is 9. The van der Waals surface area contributed by atoms with E-state index in [1.165, 1.54) is 6.26 Å². The summed E-state index contributed by atoms with van der Waals surface area (Å²) in [6, 6.07) is 7.47. The number of carbonyl (C=O) groups is 7. The molecule has 0 spiro atoms. The van der Waals surface area contributed by atoms with Crippen molar-refractivity contribution in [2.45, 2.75) is 72.4 Å². The first-order chi connectivity index (χ1) is 20.8. The van der Waals surface area contributed by atoms with Crippen LogP contribution in [0.5, 0.6) is 0 Å². The normalized spacial score (nSPS) is 11.6. The van der Waals surface area contributed by atoms with Crippen LogP contribution in [0, 0.1) is 5.92 Å². The fourth-order valence-electron chi connectivity index (χ4n) is 3.20. The number of aliphatic carboxylic acids is 2. The number of amides is 4. The van der Waals surface area contributed by atoms with Gasteiger partial charge in [-0.1, -0.05) is 51.1 Å². The summed E-state index contributed by atoms with van der Waals surface area (Å²) in [5.41, 5.74) is 1.13. The van der Waals surface area contributed by atoms with Crippen molar-refractivity contribution in [2.24, 2.45) is 5.92 Å². The maximum absolute atomic E-state index is 12.5. The van der Waals surface area contributed by atoms with Gasteiger partial charge >= 0.3 is 5.97 Å². The number of hydrogen-bond donors (Lipinski definition) is 6. The molecule has 0 radical (unpaired) electrons. The van der Waals surface area contributed by atoms with Crippen molar-refractivity contribution in [1.29, 1.82) is 0 Å². The quantitative estimate of drug-likeness (QED) is 0.139. The molecule has 1 aromatic carbocycles. The third-order valence-corrected chi connectivity index (χ3v) is 6.56. The zero-order valence-electron chi connectivity index (χ0n) is 26.5. The van der Waals surface area contributed by atoms with Gasteiger partial charge in [-0.15, -0.1) is 0 Å². The second-order valence-electron chi connectivity index (χ2n) is 10.2. The first-order valence-corrected chi connectivity index (χ1v) is 16.1. The second kappa shape index (κ2) is 23.1. The molecule has 4 amide bonds. The zero-order chi connectivity index (χ0) is 35.2. The summed E-state index contributed by atoms with van der Waals surface area (Å²) in [6.07, 6.45) is 2.29. The average Bonchev–Trinajstić information content (AvgIpc) is 2.92. The summed E-state index contributed by atoms with van der Waals surface area (Å²) in [5, 5.41) is 25.8. The summed E-state index contributed by atoms with van der Waals surface area (Å²) in [7, 11) is -2.66. The number of carboxylic acid groups (broad SMARTS) is 2. The molecule has 254 valence electrons. The van der Waals surface area contributed by atoms with Crippen LogP contribution < -0.4 is 21.3 Å². The molecule has 0 aliphatic rings. The van der Waals surface area contributed by atoms with Gasteiger partial charge in [0, 0.05) is 32.3 Å². The number of carboxylic acids is 2. The van der Waals surface area contributed by atoms with Crippen molar-refractivity contribution in [3.8, 4) is 0 Å². The molecule has 0 saturated heterocycles. The highest BCUT2D eigenvalue weighted by atomic mass is 32.2. The molecule has 0 aromatic heterocycles. The van der Waals surface area contributed by atoms with Gasteiger partial charge in [-0.3, -0.25) is 33.6 Å². The standard InChI is InChI=1S/C24H34N4O7.C3H8O2S.C2H4O2/c1-15(2)22(24(35)25-13-18(30)11-7-10-17-8-5-4-6-9-17)28-20(31)14-26-23(34)19(12-21(32)33)27-16(3)29;1-3-6(2,4)5;1-2(3)4/h4-6,8-9,15,19,22H,7,10-14H2,1-3H3,(H,25,35)(H,26,34)(H,27,29)(H,28,31)(H,32,33);3H2,1-2H3;1H3,(H,3,4)/t19-,22?;;/m0../s1. The maximum Gasteiger partial charge on any atom is 0.305 e. The van der Waals surface area contributed by atoms with E-state index < -0.39 is 70.5 Å². The van der Waals surface area contributed by atoms with E-state index in [1.807, 2.05) is 30.3 Å². The third kappa shape index (κ3) is 25.8. The van der Waals surface area contributed by atoms with Gasteiger partial charge in [0.2, 0.25) is 23.6 Å². The summed E-state index contributed by atoms with van der Waals surface area (Å²) in [6.45, 7) is 6.58. The molecule has 16 heteroatoms. The topological polar surface area (TPSA) is 242 Å². The summed E-state index contributed by atoms with van der Waals surface area (Å²) in [5.74, 6) is -4.97. The molecule has 0 saturated carbocycles. The molecular weight excluding hydrogens is 612 g/mol. The minimum absolute atomic E-state index is 0.127. The first kappa shape index (κ1) is 42.8. The van der Waals surface area contributed by atoms with E-state index in [-0.39, 0.29) is 24.0 Å². The van der Waals surface area contributed by atoms with E-state index in [4.69, 9.17) is 15.0 Å². The molecule has 0 aliphatic heterocycles. The van der Waals surface area contributed by atoms with E-state index in [0.717, 1.165) is 25.8 Å². The number of nitrogens with one attached hydrogen (secondary N) is 4. The minimum atomic E-state index is -2.66. The van der Waals surface area contributed by atoms with Crippen LogP contribution in [0.4, 0.5) is 0 Å². The lowest BCUT2D eigenvalue weighted by Gasteiger charge is -2.22. The smallest absolute Gasteiger partial charge is 0.305 e. The Hall–Kier alpha value is -4.34. The van der Waals surface area contributed by atoms with Crippen LogP contribution >= 0.6 is 0 Å². The van der Waals surface area contributed by atoms with E-state index in [2.05, 4.69) is 21.3 Å². The Morgan fingerprint density at radius 1 is 0.844 bits per heavy atom. The fraction of sp³-hybridized carbons (Fsp3) is 0.552. The van der Waals surface area contributed by atoms with E-state index in [9.17, 15) is 37.2 Å². The summed E-state index contributed by atoms with van der Waals surface area (Å²) >= 11 is 0. The van der Waals surface area contributed by atoms with E-state index in [1.54, 1.807) is 20.8 Å². The molecule has 6 N–H and O–H groups in total. The van der Waals surface area contributed by atoms with Gasteiger partial charge in [-0.2, -0.15) is 0 Å². The summed E-state index contributed by atoms with van der Waals surface area (Å²) < 4.78 is 20.0. The molecule has 0 aliphatic carbocycles. The van der Waals surface area contributed by atoms with Crippen LogP contribution in [-0.4, -0.2) is 97.2 Å². The second-order valence-corrected chi connectivity index (χ2v) is 12.6. The van der Waals surface area contributed by atoms with Gasteiger partial charge < -0.3 is 31.5 Å². The highest BCUT2D eigenvalue weighted by Gasteiger charge is 2.26. The van der Waals surface area contributed by atoms with Gasteiger partial charge in [0.05, 0.1) is 19.5 Å². The molecule has 0 fully saturated rings. The minimum Gasteiger partial charge on any atom is -0.481 e. The van der Waals surface area contributed by atoms with Crippen molar-refractivity contribution < 1.29 is 52.2 Å². The van der Waals surface area contributed by atoms with Crippen molar-refractivity contribution in [1.82, 2.24) is 21.3 Å². The Labute approximate surface area is 263 Å². The van der Waals surface area contributed by atoms with Crippen LogP contribution in [0.2, 0.25) is 0 Å². The predicted octanol–water partition coefficient (Wildman–Crippen LogP) is 0.0728. The van der Waals surface area contributed by atoms with Crippen LogP contribution in [-0.2, 0) is 49.8 Å². The Morgan fingerprint density at radius 3 is 1.80 bits per heavy atom. The van der Waals surface area contributed by atoms with E-state index >= 15 is 0 Å². The molecule has 0 heterocycles. The molecule has 15 nitrogen and oxygen atoms in total. The molecule has 1 rings (SSSR count). The third-order valence-electron chi connectivity index (χ3n) is 5.51. The van der Waals surface area contributed by atoms with Gasteiger partial charge in [0.1, 0.15) is 21.9 Å². The van der Waals surface area contributed by atoms with Crippen molar-refractivity contribution in [3.05, 3.63) is 35.9 Å². The number of benzene rings is 1. The van der Waals surface area contributed by atoms with Crippen LogP contribution in [0.25, 0.3) is 0 Å². The molecule has 1 unspecified atom stereocenters. The van der Waals surface area contributed by atoms with Crippen LogP contribution in [0.3, 0.4) is 0 Å². The lowest BCUT2D eigenvalue weighted by atomic mass is 10.0. The number of carbonyl (C=O) groups excluding carboxylic acids is 5. The number of aryl methyl sites for hydroxylation is 1. The van der Waals surface area contributed by atoms with Gasteiger partial charge in [0.15, 0.2) is 5.78 Å². The highest BCUT2D eigenvalue weighted by Crippen LogP contribution is 2.05. The average molecular weight is 659 g/mol. The highest BCUT2D eigenvalue weighted by molar-refractivity contribution is 7.90. The van der Waals surface area contributed by atoms with Crippen molar-refractivity contribution in [2.75, 3.05) is 25.1 Å². The number of ketones is 1. The molecule has 1 aromatic rings. The first-order valence-electron chi connectivity index (χ1n) is 14.0. The predicted molar refractivity (Wildman–Crippen MR) is 166 cm³/mol.